The van der Waals surface area contributed by atoms with E-state index in [2.05, 4.69) is 15.5 Å². The first-order chi connectivity index (χ1) is 13.4. The third-order valence-electron chi connectivity index (χ3n) is 3.69. The summed E-state index contributed by atoms with van der Waals surface area (Å²) in [5.74, 6) is -0.995. The lowest BCUT2D eigenvalue weighted by Crippen LogP contribution is -2.14. The number of halogens is 2. The second-order valence-electron chi connectivity index (χ2n) is 5.90. The minimum absolute atomic E-state index is 0.000317. The molecule has 9 heteroatoms. The molecule has 0 saturated carbocycles. The lowest BCUT2D eigenvalue weighted by molar-refractivity contribution is -0.113. The lowest BCUT2D eigenvalue weighted by Gasteiger charge is -2.11. The Labute approximate surface area is 164 Å². The lowest BCUT2D eigenvalue weighted by atomic mass is 10.2. The molecule has 2 aromatic carbocycles. The molecule has 0 fully saturated rings. The summed E-state index contributed by atoms with van der Waals surface area (Å²) < 4.78 is 38.1. The van der Waals surface area contributed by atoms with Gasteiger partial charge in [-0.1, -0.05) is 30.0 Å². The van der Waals surface area contributed by atoms with Gasteiger partial charge in [0.1, 0.15) is 5.82 Å². The second kappa shape index (κ2) is 8.83. The van der Waals surface area contributed by atoms with Crippen molar-refractivity contribution < 1.29 is 22.7 Å². The number of carbonyl (C=O) groups is 1. The van der Waals surface area contributed by atoms with Crippen LogP contribution < -0.4 is 10.1 Å². The van der Waals surface area contributed by atoms with Crippen molar-refractivity contribution in [1.82, 2.24) is 10.2 Å². The summed E-state index contributed by atoms with van der Waals surface area (Å²) in [6, 6.07) is 10.5. The zero-order valence-electron chi connectivity index (χ0n) is 15.1. The molecule has 0 unspecified atom stereocenters. The second-order valence-corrected chi connectivity index (χ2v) is 6.82. The molecule has 28 heavy (non-hydrogen) atoms. The number of hydrogen-bond donors (Lipinski definition) is 1. The van der Waals surface area contributed by atoms with E-state index in [9.17, 15) is 13.6 Å². The molecule has 6 nitrogen and oxygen atoms in total. The van der Waals surface area contributed by atoms with Crippen LogP contribution >= 0.6 is 11.8 Å². The van der Waals surface area contributed by atoms with Crippen molar-refractivity contribution in [3.05, 3.63) is 65.6 Å². The quantitative estimate of drug-likeness (QED) is 0.582. The average Bonchev–Trinajstić information content (AvgIpc) is 3.14. The van der Waals surface area contributed by atoms with Gasteiger partial charge in [-0.3, -0.25) is 4.79 Å². The molecular formula is C19H17F2N3O3S. The Balaban J connectivity index is 1.53. The van der Waals surface area contributed by atoms with Crippen LogP contribution in [0, 0.1) is 18.6 Å². The van der Waals surface area contributed by atoms with Gasteiger partial charge in [-0.05, 0) is 43.7 Å². The first-order valence-corrected chi connectivity index (χ1v) is 9.34. The third kappa shape index (κ3) is 5.07. The Bertz CT molecular complexity index is 981. The Morgan fingerprint density at radius 3 is 2.75 bits per heavy atom. The molecule has 0 aliphatic carbocycles. The monoisotopic (exact) mass is 405 g/mol. The zero-order chi connectivity index (χ0) is 20.1. The topological polar surface area (TPSA) is 77.2 Å². The molecule has 3 aromatic rings. The van der Waals surface area contributed by atoms with E-state index in [0.29, 0.717) is 11.3 Å². The number of anilines is 1. The molecule has 0 aliphatic rings. The van der Waals surface area contributed by atoms with Crippen LogP contribution in [0.15, 0.2) is 52.1 Å². The van der Waals surface area contributed by atoms with Gasteiger partial charge in [0.25, 0.3) is 11.1 Å². The number of amides is 1. The van der Waals surface area contributed by atoms with Crippen LogP contribution in [0.3, 0.4) is 0 Å². The molecule has 146 valence electrons. The highest BCUT2D eigenvalue weighted by Gasteiger charge is 2.18. The van der Waals surface area contributed by atoms with Crippen LogP contribution in [0.1, 0.15) is 24.5 Å². The van der Waals surface area contributed by atoms with E-state index in [0.717, 1.165) is 11.8 Å². The molecule has 0 saturated heterocycles. The van der Waals surface area contributed by atoms with Crippen molar-refractivity contribution in [3.63, 3.8) is 0 Å². The number of thioether (sulfide) groups is 1. The number of para-hydroxylation sites is 1. The van der Waals surface area contributed by atoms with Crippen LogP contribution in [0.5, 0.6) is 5.75 Å². The number of benzene rings is 2. The summed E-state index contributed by atoms with van der Waals surface area (Å²) in [6.45, 7) is 3.29. The molecular weight excluding hydrogens is 388 g/mol. The fraction of sp³-hybridized carbons (Fsp3) is 0.211. The fourth-order valence-corrected chi connectivity index (χ4v) is 2.79. The predicted molar refractivity (Wildman–Crippen MR) is 100 cm³/mol. The van der Waals surface area contributed by atoms with Crippen LogP contribution in [0.4, 0.5) is 14.5 Å². The van der Waals surface area contributed by atoms with Crippen LogP contribution in [-0.2, 0) is 4.79 Å². The van der Waals surface area contributed by atoms with Gasteiger partial charge < -0.3 is 14.5 Å². The van der Waals surface area contributed by atoms with Crippen molar-refractivity contribution in [2.24, 2.45) is 0 Å². The number of aryl methyl sites for hydroxylation is 1. The SMILES string of the molecule is Cc1ccc(NC(=O)CSc2nnc([C@@H](C)Oc3ccccc3F)o2)cc1F. The Hall–Kier alpha value is -2.94. The number of aromatic nitrogens is 2. The van der Waals surface area contributed by atoms with Crippen molar-refractivity contribution in [1.29, 1.82) is 0 Å². The molecule has 1 N–H and O–H groups in total. The molecule has 0 aliphatic heterocycles. The van der Waals surface area contributed by atoms with Crippen molar-refractivity contribution >= 4 is 23.4 Å². The number of hydrogen-bond acceptors (Lipinski definition) is 6. The molecule has 1 amide bonds. The van der Waals surface area contributed by atoms with Crippen LogP contribution in [0.2, 0.25) is 0 Å². The highest BCUT2D eigenvalue weighted by Crippen LogP contribution is 2.25. The Morgan fingerprint density at radius 1 is 1.21 bits per heavy atom. The van der Waals surface area contributed by atoms with Gasteiger partial charge in [0.05, 0.1) is 5.75 Å². The maximum atomic E-state index is 13.6. The van der Waals surface area contributed by atoms with E-state index in [1.165, 1.54) is 18.2 Å². The molecule has 0 radical (unpaired) electrons. The third-order valence-corrected chi connectivity index (χ3v) is 4.51. The molecule has 0 spiro atoms. The summed E-state index contributed by atoms with van der Waals surface area (Å²) in [6.07, 6.45) is -0.664. The van der Waals surface area contributed by atoms with E-state index < -0.39 is 17.7 Å². The molecule has 0 bridgehead atoms. The molecule has 1 atom stereocenters. The Morgan fingerprint density at radius 2 is 2.00 bits per heavy atom. The average molecular weight is 405 g/mol. The number of nitrogens with zero attached hydrogens (tertiary/aromatic N) is 2. The number of rotatable bonds is 7. The number of ether oxygens (including phenoxy) is 1. The summed E-state index contributed by atoms with van der Waals surface area (Å²) in [5.41, 5.74) is 0.865. The summed E-state index contributed by atoms with van der Waals surface area (Å²) in [4.78, 5) is 12.0. The van der Waals surface area contributed by atoms with Gasteiger partial charge in [0.2, 0.25) is 5.91 Å². The number of nitrogens with one attached hydrogen (secondary N) is 1. The summed E-state index contributed by atoms with van der Waals surface area (Å²) in [5, 5.41) is 10.5. The van der Waals surface area contributed by atoms with Gasteiger partial charge >= 0.3 is 0 Å². The molecule has 1 aromatic heterocycles. The predicted octanol–water partition coefficient (Wildman–Crippen LogP) is 4.53. The van der Waals surface area contributed by atoms with Crippen molar-refractivity contribution in [3.8, 4) is 5.75 Å². The maximum absolute atomic E-state index is 13.6. The van der Waals surface area contributed by atoms with E-state index in [1.54, 1.807) is 38.1 Å². The highest BCUT2D eigenvalue weighted by atomic mass is 32.2. The molecule has 3 rings (SSSR count). The van der Waals surface area contributed by atoms with Gasteiger partial charge in [-0.25, -0.2) is 8.78 Å². The zero-order valence-corrected chi connectivity index (χ0v) is 15.9. The molecule has 1 heterocycles. The number of carbonyl (C=O) groups excluding carboxylic acids is 1. The van der Waals surface area contributed by atoms with Crippen molar-refractivity contribution in [2.45, 2.75) is 25.2 Å². The minimum atomic E-state index is -0.664. The summed E-state index contributed by atoms with van der Waals surface area (Å²) >= 11 is 1.03. The smallest absolute Gasteiger partial charge is 0.277 e. The van der Waals surface area contributed by atoms with Crippen LogP contribution in [-0.4, -0.2) is 21.9 Å². The van der Waals surface area contributed by atoms with E-state index in [-0.39, 0.29) is 28.5 Å². The van der Waals surface area contributed by atoms with Gasteiger partial charge in [0, 0.05) is 5.69 Å². The van der Waals surface area contributed by atoms with Gasteiger partial charge in [0.15, 0.2) is 17.7 Å². The standard InChI is InChI=1S/C19H17F2N3O3S/c1-11-7-8-13(9-15(11)21)22-17(25)10-28-19-24-23-18(27-19)12(2)26-16-6-4-3-5-14(16)20/h3-9,12H,10H2,1-2H3,(H,22,25)/t12-/m1/s1. The first kappa shape index (κ1) is 19.8. The normalized spacial score (nSPS) is 11.9. The largest absolute Gasteiger partial charge is 0.478 e. The van der Waals surface area contributed by atoms with E-state index in [1.807, 2.05) is 0 Å². The summed E-state index contributed by atoms with van der Waals surface area (Å²) in [7, 11) is 0. The van der Waals surface area contributed by atoms with E-state index in [4.69, 9.17) is 9.15 Å². The maximum Gasteiger partial charge on any atom is 0.277 e. The van der Waals surface area contributed by atoms with E-state index >= 15 is 0 Å². The fourth-order valence-electron chi connectivity index (χ4n) is 2.22. The van der Waals surface area contributed by atoms with Gasteiger partial charge in [-0.2, -0.15) is 0 Å². The Kier molecular flexibility index (Phi) is 6.25. The van der Waals surface area contributed by atoms with Crippen molar-refractivity contribution in [2.75, 3.05) is 11.1 Å². The highest BCUT2D eigenvalue weighted by molar-refractivity contribution is 7.99. The minimum Gasteiger partial charge on any atom is -0.478 e. The van der Waals surface area contributed by atoms with Gasteiger partial charge in [-0.15, -0.1) is 10.2 Å². The first-order valence-electron chi connectivity index (χ1n) is 8.36. The van der Waals surface area contributed by atoms with Crippen LogP contribution in [0.25, 0.3) is 0 Å².